The Balaban J connectivity index is 2.22. The SMILES string of the molecule is C1=COC2=C(C1)C2. The van der Waals surface area contributed by atoms with Gasteiger partial charge in [-0.15, -0.1) is 0 Å². The molecule has 0 aromatic carbocycles. The minimum absolute atomic E-state index is 1.13. The van der Waals surface area contributed by atoms with E-state index in [9.17, 15) is 0 Å². The molecule has 0 aromatic rings. The molecule has 1 nitrogen and oxygen atoms in total. The number of rotatable bonds is 0. The number of allylic oxidation sites excluding steroid dienone is 3. The van der Waals surface area contributed by atoms with Crippen molar-refractivity contribution in [1.82, 2.24) is 0 Å². The smallest absolute Gasteiger partial charge is 0.107 e. The minimum Gasteiger partial charge on any atom is -0.469 e. The summed E-state index contributed by atoms with van der Waals surface area (Å²) in [5.41, 5.74) is 1.49. The van der Waals surface area contributed by atoms with Crippen molar-refractivity contribution in [3.05, 3.63) is 23.7 Å². The van der Waals surface area contributed by atoms with E-state index in [0.717, 1.165) is 12.8 Å². The monoisotopic (exact) mass is 94.0 g/mol. The fraction of sp³-hybridized carbons (Fsp3) is 0.333. The Bertz CT molecular complexity index is 138. The van der Waals surface area contributed by atoms with Crippen molar-refractivity contribution in [3.63, 3.8) is 0 Å². The molecule has 0 saturated heterocycles. The molecule has 2 aliphatic rings. The molecule has 2 rings (SSSR count). The number of ether oxygens (including phenoxy) is 1. The lowest BCUT2D eigenvalue weighted by molar-refractivity contribution is 0.366. The summed E-state index contributed by atoms with van der Waals surface area (Å²) in [7, 11) is 0. The van der Waals surface area contributed by atoms with E-state index < -0.39 is 0 Å². The van der Waals surface area contributed by atoms with E-state index in [4.69, 9.17) is 4.74 Å². The van der Waals surface area contributed by atoms with Crippen LogP contribution in [0.1, 0.15) is 12.8 Å². The summed E-state index contributed by atoms with van der Waals surface area (Å²) in [4.78, 5) is 0. The third-order valence-corrected chi connectivity index (χ3v) is 1.31. The summed E-state index contributed by atoms with van der Waals surface area (Å²) in [5.74, 6) is 1.21. The lowest BCUT2D eigenvalue weighted by Crippen LogP contribution is -1.71. The van der Waals surface area contributed by atoms with Gasteiger partial charge in [-0.05, 0) is 18.1 Å². The van der Waals surface area contributed by atoms with Gasteiger partial charge in [0, 0.05) is 6.42 Å². The van der Waals surface area contributed by atoms with Crippen molar-refractivity contribution in [2.24, 2.45) is 0 Å². The van der Waals surface area contributed by atoms with E-state index in [1.807, 2.05) is 6.08 Å². The Morgan fingerprint density at radius 1 is 1.57 bits per heavy atom. The molecule has 0 atom stereocenters. The summed E-state index contributed by atoms with van der Waals surface area (Å²) in [6.45, 7) is 0. The lowest BCUT2D eigenvalue weighted by atomic mass is 10.3. The van der Waals surface area contributed by atoms with Crippen LogP contribution in [0.3, 0.4) is 0 Å². The Labute approximate surface area is 42.3 Å². The summed E-state index contributed by atoms with van der Waals surface area (Å²) in [5, 5.41) is 0. The van der Waals surface area contributed by atoms with Crippen LogP contribution in [-0.4, -0.2) is 0 Å². The molecule has 7 heavy (non-hydrogen) atoms. The molecule has 1 aliphatic heterocycles. The van der Waals surface area contributed by atoms with Gasteiger partial charge in [0.15, 0.2) is 0 Å². The quantitative estimate of drug-likeness (QED) is 0.442. The predicted molar refractivity (Wildman–Crippen MR) is 26.5 cm³/mol. The van der Waals surface area contributed by atoms with Crippen LogP contribution in [0, 0.1) is 0 Å². The molecule has 1 heteroatoms. The van der Waals surface area contributed by atoms with Crippen molar-refractivity contribution < 1.29 is 4.74 Å². The van der Waals surface area contributed by atoms with Crippen molar-refractivity contribution >= 4 is 0 Å². The molecule has 0 N–H and O–H groups in total. The van der Waals surface area contributed by atoms with Gasteiger partial charge in [0.2, 0.25) is 0 Å². The first kappa shape index (κ1) is 3.30. The van der Waals surface area contributed by atoms with Crippen LogP contribution in [0.5, 0.6) is 0 Å². The standard InChI is InChI=1S/C6H6O/c1-2-5-4-6(5)7-3-1/h1,3H,2,4H2. The molecule has 0 spiro atoms. The average Bonchev–Trinajstić information content (AvgIpc) is 2.41. The molecule has 0 radical (unpaired) electrons. The minimum atomic E-state index is 1.13. The normalized spacial score (nSPS) is 24.0. The highest BCUT2D eigenvalue weighted by molar-refractivity contribution is 5.34. The Morgan fingerprint density at radius 2 is 2.57 bits per heavy atom. The van der Waals surface area contributed by atoms with Gasteiger partial charge in [-0.1, -0.05) is 0 Å². The van der Waals surface area contributed by atoms with Crippen LogP contribution in [0.2, 0.25) is 0 Å². The third kappa shape index (κ3) is 0.377. The Hall–Kier alpha value is -0.720. The van der Waals surface area contributed by atoms with Gasteiger partial charge < -0.3 is 4.74 Å². The number of hydrogen-bond acceptors (Lipinski definition) is 1. The molecule has 36 valence electrons. The van der Waals surface area contributed by atoms with Crippen molar-refractivity contribution in [2.75, 3.05) is 0 Å². The highest BCUT2D eigenvalue weighted by Crippen LogP contribution is 2.37. The van der Waals surface area contributed by atoms with Gasteiger partial charge in [0.05, 0.1) is 6.26 Å². The molecular weight excluding hydrogens is 88.1 g/mol. The zero-order valence-electron chi connectivity index (χ0n) is 3.98. The van der Waals surface area contributed by atoms with Crippen LogP contribution in [0.25, 0.3) is 0 Å². The second kappa shape index (κ2) is 0.915. The molecule has 1 aliphatic carbocycles. The summed E-state index contributed by atoms with van der Waals surface area (Å²) in [6.07, 6.45) is 6.08. The first-order valence-electron chi connectivity index (χ1n) is 2.49. The third-order valence-electron chi connectivity index (χ3n) is 1.31. The van der Waals surface area contributed by atoms with E-state index in [2.05, 4.69) is 0 Å². The first-order valence-corrected chi connectivity index (χ1v) is 2.49. The molecule has 0 fully saturated rings. The topological polar surface area (TPSA) is 9.23 Å². The maximum absolute atomic E-state index is 5.05. The predicted octanol–water partition coefficient (Wildman–Crippen LogP) is 1.58. The molecule has 0 bridgehead atoms. The number of hydrogen-bond donors (Lipinski definition) is 0. The van der Waals surface area contributed by atoms with Crippen molar-refractivity contribution in [2.45, 2.75) is 12.8 Å². The van der Waals surface area contributed by atoms with Crippen LogP contribution in [-0.2, 0) is 4.74 Å². The van der Waals surface area contributed by atoms with Crippen LogP contribution in [0.15, 0.2) is 23.7 Å². The van der Waals surface area contributed by atoms with E-state index in [1.165, 1.54) is 11.3 Å². The summed E-state index contributed by atoms with van der Waals surface area (Å²) < 4.78 is 5.05. The Kier molecular flexibility index (Phi) is 0.432. The molecule has 0 aromatic heterocycles. The van der Waals surface area contributed by atoms with E-state index in [0.29, 0.717) is 0 Å². The molecule has 1 heterocycles. The summed E-state index contributed by atoms with van der Waals surface area (Å²) >= 11 is 0. The maximum Gasteiger partial charge on any atom is 0.107 e. The molecule has 0 saturated carbocycles. The highest BCUT2D eigenvalue weighted by Gasteiger charge is 2.23. The van der Waals surface area contributed by atoms with Gasteiger partial charge in [-0.2, -0.15) is 0 Å². The second-order valence-corrected chi connectivity index (χ2v) is 1.90. The lowest BCUT2D eigenvalue weighted by Gasteiger charge is -1.91. The fourth-order valence-electron chi connectivity index (χ4n) is 0.781. The molecule has 0 unspecified atom stereocenters. The van der Waals surface area contributed by atoms with Gasteiger partial charge in [0.1, 0.15) is 5.76 Å². The van der Waals surface area contributed by atoms with Crippen molar-refractivity contribution in [3.8, 4) is 0 Å². The van der Waals surface area contributed by atoms with Crippen LogP contribution < -0.4 is 0 Å². The molecular formula is C6H6O. The van der Waals surface area contributed by atoms with Crippen LogP contribution >= 0.6 is 0 Å². The largest absolute Gasteiger partial charge is 0.469 e. The van der Waals surface area contributed by atoms with Crippen LogP contribution in [0.4, 0.5) is 0 Å². The van der Waals surface area contributed by atoms with Gasteiger partial charge in [-0.25, -0.2) is 0 Å². The maximum atomic E-state index is 5.05. The summed E-state index contributed by atoms with van der Waals surface area (Å²) in [6, 6.07) is 0. The second-order valence-electron chi connectivity index (χ2n) is 1.90. The van der Waals surface area contributed by atoms with E-state index in [-0.39, 0.29) is 0 Å². The zero-order valence-corrected chi connectivity index (χ0v) is 3.98. The van der Waals surface area contributed by atoms with E-state index in [1.54, 1.807) is 6.26 Å². The van der Waals surface area contributed by atoms with Gasteiger partial charge in [-0.3, -0.25) is 0 Å². The average molecular weight is 94.1 g/mol. The molecule has 0 amide bonds. The fourth-order valence-corrected chi connectivity index (χ4v) is 0.781. The highest BCUT2D eigenvalue weighted by atomic mass is 16.5. The Morgan fingerprint density at radius 3 is 3.14 bits per heavy atom. The zero-order chi connectivity index (χ0) is 4.69. The van der Waals surface area contributed by atoms with Gasteiger partial charge in [0.25, 0.3) is 0 Å². The van der Waals surface area contributed by atoms with E-state index >= 15 is 0 Å². The van der Waals surface area contributed by atoms with Crippen molar-refractivity contribution in [1.29, 1.82) is 0 Å². The van der Waals surface area contributed by atoms with Gasteiger partial charge >= 0.3 is 0 Å². The first-order chi connectivity index (χ1) is 3.47.